The van der Waals surface area contributed by atoms with Crippen molar-refractivity contribution in [1.29, 1.82) is 0 Å². The van der Waals surface area contributed by atoms with E-state index in [0.29, 0.717) is 40.1 Å². The van der Waals surface area contributed by atoms with Crippen molar-refractivity contribution in [3.8, 4) is 11.4 Å². The van der Waals surface area contributed by atoms with Crippen molar-refractivity contribution in [1.82, 2.24) is 14.9 Å². The van der Waals surface area contributed by atoms with Crippen LogP contribution in [-0.4, -0.2) is 39.6 Å². The zero-order valence-electron chi connectivity index (χ0n) is 21.5. The molecule has 0 bridgehead atoms. The van der Waals surface area contributed by atoms with E-state index in [4.69, 9.17) is 4.74 Å². The number of fused-ring (bicyclic) bond motifs is 1. The SMILES string of the molecule is CCOc1ccc(C(=O)CSc2nc3cc(C(=O)NC4CCCC4)ccc3c(=O)n2-c2cccc(F)c2)cc1. The van der Waals surface area contributed by atoms with Gasteiger partial charge in [-0.05, 0) is 80.4 Å². The van der Waals surface area contributed by atoms with E-state index in [0.717, 1.165) is 37.4 Å². The highest BCUT2D eigenvalue weighted by molar-refractivity contribution is 7.99. The Bertz CT molecular complexity index is 1580. The van der Waals surface area contributed by atoms with Crippen molar-refractivity contribution in [2.24, 2.45) is 0 Å². The number of thioether (sulfide) groups is 1. The Kier molecular flexibility index (Phi) is 8.07. The first-order chi connectivity index (χ1) is 18.9. The number of rotatable bonds is 9. The average molecular weight is 546 g/mol. The van der Waals surface area contributed by atoms with Crippen LogP contribution < -0.4 is 15.6 Å². The molecule has 1 aromatic heterocycles. The number of nitrogens with one attached hydrogen (secondary N) is 1. The summed E-state index contributed by atoms with van der Waals surface area (Å²) in [6.07, 6.45) is 4.11. The highest BCUT2D eigenvalue weighted by Crippen LogP contribution is 2.24. The molecule has 1 fully saturated rings. The molecule has 3 aromatic carbocycles. The minimum absolute atomic E-state index is 0.00308. The topological polar surface area (TPSA) is 90.3 Å². The average Bonchev–Trinajstić information content (AvgIpc) is 3.45. The standard InChI is InChI=1S/C30H28FN3O4S/c1-2-38-24-13-10-19(11-14-24)27(35)18-39-30-33-26-16-20(28(36)32-22-7-3-4-8-22)12-15-25(26)29(37)34(30)23-9-5-6-21(31)17-23/h5-6,9-17,22H,2-4,7-8,18H2,1H3,(H,32,36). The van der Waals surface area contributed by atoms with Gasteiger partial charge in [-0.1, -0.05) is 30.7 Å². The van der Waals surface area contributed by atoms with Gasteiger partial charge < -0.3 is 10.1 Å². The molecule has 200 valence electrons. The van der Waals surface area contributed by atoms with Crippen LogP contribution in [0, 0.1) is 5.82 Å². The predicted octanol–water partition coefficient (Wildman–Crippen LogP) is 5.57. The molecule has 7 nitrogen and oxygen atoms in total. The van der Waals surface area contributed by atoms with Crippen LogP contribution in [0.2, 0.25) is 0 Å². The second-order valence-corrected chi connectivity index (χ2v) is 10.3. The van der Waals surface area contributed by atoms with Crippen LogP contribution in [0.15, 0.2) is 76.7 Å². The Morgan fingerprint density at radius 1 is 1.05 bits per heavy atom. The number of Topliss-reactive ketones (excluding diaryl/α,β-unsaturated/α-hetero) is 1. The van der Waals surface area contributed by atoms with E-state index < -0.39 is 11.4 Å². The summed E-state index contributed by atoms with van der Waals surface area (Å²) in [5, 5.41) is 3.57. The van der Waals surface area contributed by atoms with Gasteiger partial charge in [-0.25, -0.2) is 9.37 Å². The van der Waals surface area contributed by atoms with Gasteiger partial charge in [-0.3, -0.25) is 19.0 Å². The molecule has 0 spiro atoms. The van der Waals surface area contributed by atoms with E-state index in [2.05, 4.69) is 10.3 Å². The normalized spacial score (nSPS) is 13.5. The zero-order valence-corrected chi connectivity index (χ0v) is 22.3. The first-order valence-corrected chi connectivity index (χ1v) is 13.9. The van der Waals surface area contributed by atoms with Gasteiger partial charge in [0.2, 0.25) is 0 Å². The lowest BCUT2D eigenvalue weighted by Gasteiger charge is -2.15. The van der Waals surface area contributed by atoms with Crippen molar-refractivity contribution in [2.75, 3.05) is 12.4 Å². The Balaban J connectivity index is 1.49. The lowest BCUT2D eigenvalue weighted by atomic mass is 10.1. The first kappa shape index (κ1) is 26.6. The van der Waals surface area contributed by atoms with Gasteiger partial charge >= 0.3 is 0 Å². The molecule has 9 heteroatoms. The largest absolute Gasteiger partial charge is 0.494 e. The molecule has 1 aliphatic rings. The fourth-order valence-corrected chi connectivity index (χ4v) is 5.61. The van der Waals surface area contributed by atoms with Gasteiger partial charge in [0, 0.05) is 17.2 Å². The number of hydrogen-bond acceptors (Lipinski definition) is 6. The molecular formula is C30H28FN3O4S. The fraction of sp³-hybridized carbons (Fsp3) is 0.267. The lowest BCUT2D eigenvalue weighted by molar-refractivity contribution is 0.0937. The van der Waals surface area contributed by atoms with Gasteiger partial charge in [0.05, 0.1) is 29.0 Å². The number of carbonyl (C=O) groups excluding carboxylic acids is 2. The second-order valence-electron chi connectivity index (χ2n) is 9.37. The number of hydrogen-bond donors (Lipinski definition) is 1. The molecule has 4 aromatic rings. The van der Waals surface area contributed by atoms with Crippen LogP contribution >= 0.6 is 11.8 Å². The number of ether oxygens (including phenoxy) is 1. The molecule has 1 N–H and O–H groups in total. The molecule has 1 amide bonds. The molecule has 1 aliphatic carbocycles. The van der Waals surface area contributed by atoms with E-state index in [9.17, 15) is 18.8 Å². The maximum Gasteiger partial charge on any atom is 0.266 e. The molecular weight excluding hydrogens is 517 g/mol. The van der Waals surface area contributed by atoms with E-state index in [1.807, 2.05) is 6.92 Å². The zero-order chi connectivity index (χ0) is 27.4. The van der Waals surface area contributed by atoms with Crippen molar-refractivity contribution in [2.45, 2.75) is 43.8 Å². The van der Waals surface area contributed by atoms with Crippen LogP contribution in [0.3, 0.4) is 0 Å². The van der Waals surface area contributed by atoms with Crippen molar-refractivity contribution in [3.05, 3.63) is 94.0 Å². The second kappa shape index (κ2) is 11.8. The maximum atomic E-state index is 14.1. The van der Waals surface area contributed by atoms with Crippen LogP contribution in [0.4, 0.5) is 4.39 Å². The third-order valence-corrected chi connectivity index (χ3v) is 7.62. The van der Waals surface area contributed by atoms with E-state index in [1.165, 1.54) is 22.8 Å². The molecule has 39 heavy (non-hydrogen) atoms. The van der Waals surface area contributed by atoms with E-state index in [-0.39, 0.29) is 28.6 Å². The molecule has 0 aliphatic heterocycles. The summed E-state index contributed by atoms with van der Waals surface area (Å²) in [6, 6.07) is 17.4. The van der Waals surface area contributed by atoms with Crippen LogP contribution in [0.1, 0.15) is 53.3 Å². The number of nitrogens with zero attached hydrogens (tertiary/aromatic N) is 2. The number of ketones is 1. The van der Waals surface area contributed by atoms with Gasteiger partial charge in [0.1, 0.15) is 11.6 Å². The molecule has 5 rings (SSSR count). The molecule has 0 unspecified atom stereocenters. The summed E-state index contributed by atoms with van der Waals surface area (Å²) in [4.78, 5) is 44.1. The minimum atomic E-state index is -0.500. The minimum Gasteiger partial charge on any atom is -0.494 e. The first-order valence-electron chi connectivity index (χ1n) is 13.0. The number of halogens is 1. The highest BCUT2D eigenvalue weighted by Gasteiger charge is 2.20. The van der Waals surface area contributed by atoms with Gasteiger partial charge in [-0.2, -0.15) is 0 Å². The van der Waals surface area contributed by atoms with E-state index in [1.54, 1.807) is 48.5 Å². The predicted molar refractivity (Wildman–Crippen MR) is 150 cm³/mol. The Labute approximate surface area is 229 Å². The smallest absolute Gasteiger partial charge is 0.266 e. The highest BCUT2D eigenvalue weighted by atomic mass is 32.2. The summed E-state index contributed by atoms with van der Waals surface area (Å²) < 4.78 is 20.9. The molecule has 0 saturated heterocycles. The van der Waals surface area contributed by atoms with Crippen molar-refractivity contribution in [3.63, 3.8) is 0 Å². The molecule has 1 saturated carbocycles. The summed E-state index contributed by atoms with van der Waals surface area (Å²) in [5.41, 5.74) is 1.13. The summed E-state index contributed by atoms with van der Waals surface area (Å²) in [6.45, 7) is 2.41. The third-order valence-electron chi connectivity index (χ3n) is 6.68. The molecule has 0 atom stereocenters. The van der Waals surface area contributed by atoms with Gasteiger partial charge in [0.15, 0.2) is 10.9 Å². The quantitative estimate of drug-likeness (QED) is 0.168. The number of benzene rings is 3. The Morgan fingerprint density at radius 3 is 2.51 bits per heavy atom. The fourth-order valence-electron chi connectivity index (χ4n) is 4.70. The number of carbonyl (C=O) groups is 2. The molecule has 0 radical (unpaired) electrons. The summed E-state index contributed by atoms with van der Waals surface area (Å²) >= 11 is 1.08. The third kappa shape index (κ3) is 6.04. The van der Waals surface area contributed by atoms with Gasteiger partial charge in [-0.15, -0.1) is 0 Å². The lowest BCUT2D eigenvalue weighted by Crippen LogP contribution is -2.32. The van der Waals surface area contributed by atoms with Crippen LogP contribution in [0.25, 0.3) is 16.6 Å². The number of amides is 1. The van der Waals surface area contributed by atoms with Gasteiger partial charge in [0.25, 0.3) is 11.5 Å². The maximum absolute atomic E-state index is 14.1. The van der Waals surface area contributed by atoms with E-state index >= 15 is 0 Å². The Morgan fingerprint density at radius 2 is 1.79 bits per heavy atom. The van der Waals surface area contributed by atoms with Crippen LogP contribution in [-0.2, 0) is 0 Å². The molecule has 1 heterocycles. The van der Waals surface area contributed by atoms with Crippen LogP contribution in [0.5, 0.6) is 5.75 Å². The Hall–Kier alpha value is -3.98. The van der Waals surface area contributed by atoms with Crippen molar-refractivity contribution >= 4 is 34.4 Å². The monoisotopic (exact) mass is 545 g/mol. The van der Waals surface area contributed by atoms with Crippen molar-refractivity contribution < 1.29 is 18.7 Å². The summed E-state index contributed by atoms with van der Waals surface area (Å²) in [7, 11) is 0. The summed E-state index contributed by atoms with van der Waals surface area (Å²) in [5.74, 6) is -0.193. The number of aromatic nitrogens is 2.